The molecule has 4 rings (SSSR count). The van der Waals surface area contributed by atoms with Crippen molar-refractivity contribution in [2.75, 3.05) is 39.5 Å². The minimum absolute atomic E-state index is 0.148. The Morgan fingerprint density at radius 2 is 1.61 bits per heavy atom. The zero-order valence-electron chi connectivity index (χ0n) is 19.9. The second kappa shape index (κ2) is 11.9. The molecule has 1 saturated heterocycles. The van der Waals surface area contributed by atoms with Gasteiger partial charge in [-0.1, -0.05) is 12.1 Å². The van der Waals surface area contributed by atoms with E-state index in [9.17, 15) is 14.4 Å². The third-order valence-corrected chi connectivity index (χ3v) is 5.54. The number of hydrogen-bond donors (Lipinski definition) is 2. The van der Waals surface area contributed by atoms with Gasteiger partial charge in [0.05, 0.1) is 31.1 Å². The number of nitrogens with zero attached hydrogens (tertiary/aromatic N) is 2. The van der Waals surface area contributed by atoms with Gasteiger partial charge in [-0.15, -0.1) is 0 Å². The van der Waals surface area contributed by atoms with Crippen LogP contribution in [0.4, 0.5) is 0 Å². The van der Waals surface area contributed by atoms with Gasteiger partial charge in [-0.05, 0) is 49.4 Å². The van der Waals surface area contributed by atoms with E-state index in [2.05, 4.69) is 10.9 Å². The average Bonchev–Trinajstić information content (AvgIpc) is 3.46. The lowest BCUT2D eigenvalue weighted by molar-refractivity contribution is -0.137. The van der Waals surface area contributed by atoms with Gasteiger partial charge in [0.2, 0.25) is 0 Å². The van der Waals surface area contributed by atoms with Crippen LogP contribution >= 0.6 is 0 Å². The molecular formula is C26H28N4O6. The van der Waals surface area contributed by atoms with Gasteiger partial charge in [0.1, 0.15) is 0 Å². The minimum atomic E-state index is -0.529. The Hall–Kier alpha value is -4.31. The second-order valence-corrected chi connectivity index (χ2v) is 7.89. The lowest BCUT2D eigenvalue weighted by Crippen LogP contribution is -2.43. The first-order chi connectivity index (χ1) is 17.6. The summed E-state index contributed by atoms with van der Waals surface area (Å²) in [4.78, 5) is 39.6. The van der Waals surface area contributed by atoms with Crippen molar-refractivity contribution in [2.45, 2.75) is 6.92 Å². The van der Waals surface area contributed by atoms with Crippen LogP contribution in [0.15, 0.2) is 67.0 Å². The lowest BCUT2D eigenvalue weighted by Gasteiger charge is -2.26. The fraction of sp³-hybridized carbons (Fsp3) is 0.269. The van der Waals surface area contributed by atoms with Gasteiger partial charge in [-0.25, -0.2) is 0 Å². The van der Waals surface area contributed by atoms with Crippen LogP contribution in [0.5, 0.6) is 11.5 Å². The van der Waals surface area contributed by atoms with Crippen molar-refractivity contribution in [1.29, 1.82) is 0 Å². The molecule has 36 heavy (non-hydrogen) atoms. The molecule has 1 aromatic heterocycles. The number of morpholine rings is 1. The molecular weight excluding hydrogens is 464 g/mol. The summed E-state index contributed by atoms with van der Waals surface area (Å²) in [7, 11) is 0. The highest BCUT2D eigenvalue weighted by Gasteiger charge is 2.19. The summed E-state index contributed by atoms with van der Waals surface area (Å²) in [6.45, 7) is 4.07. The first-order valence-electron chi connectivity index (χ1n) is 11.6. The molecule has 1 aliphatic rings. The Morgan fingerprint density at radius 1 is 0.889 bits per heavy atom. The van der Waals surface area contributed by atoms with E-state index in [1.807, 2.05) is 41.2 Å². The predicted molar refractivity (Wildman–Crippen MR) is 131 cm³/mol. The molecule has 2 heterocycles. The second-order valence-electron chi connectivity index (χ2n) is 7.89. The number of benzene rings is 2. The summed E-state index contributed by atoms with van der Waals surface area (Å²) in [5, 5.41) is 0. The third kappa shape index (κ3) is 6.02. The Balaban J connectivity index is 1.39. The van der Waals surface area contributed by atoms with Gasteiger partial charge in [0.15, 0.2) is 18.1 Å². The minimum Gasteiger partial charge on any atom is -0.490 e. The number of aromatic nitrogens is 1. The molecule has 0 radical (unpaired) electrons. The first-order valence-corrected chi connectivity index (χ1v) is 11.6. The lowest BCUT2D eigenvalue weighted by atomic mass is 10.1. The molecule has 10 nitrogen and oxygen atoms in total. The summed E-state index contributed by atoms with van der Waals surface area (Å²) in [5.74, 6) is -0.465. The molecule has 3 aromatic rings. The summed E-state index contributed by atoms with van der Waals surface area (Å²) in [6, 6.07) is 15.4. The Morgan fingerprint density at radius 3 is 2.36 bits per heavy atom. The molecule has 2 N–H and O–H groups in total. The molecule has 1 aliphatic heterocycles. The molecule has 0 unspecified atom stereocenters. The fourth-order valence-corrected chi connectivity index (χ4v) is 3.72. The summed E-state index contributed by atoms with van der Waals surface area (Å²) >= 11 is 0. The SMILES string of the molecule is CCOc1cc(C(=O)NNC(=O)c2ccccc2-n2cccc2)ccc1OCC(=O)N1CCOCC1. The number of rotatable bonds is 8. The van der Waals surface area contributed by atoms with Gasteiger partial charge in [0.25, 0.3) is 17.7 Å². The van der Waals surface area contributed by atoms with Crippen LogP contribution in [0, 0.1) is 0 Å². The molecule has 0 saturated carbocycles. The van der Waals surface area contributed by atoms with Crippen molar-refractivity contribution >= 4 is 17.7 Å². The van der Waals surface area contributed by atoms with Crippen LogP contribution in [0.1, 0.15) is 27.6 Å². The quantitative estimate of drug-likeness (QED) is 0.467. The molecule has 0 spiro atoms. The first kappa shape index (κ1) is 24.8. The van der Waals surface area contributed by atoms with E-state index in [-0.39, 0.29) is 18.1 Å². The van der Waals surface area contributed by atoms with Gasteiger partial charge in [-0.2, -0.15) is 0 Å². The van der Waals surface area contributed by atoms with Gasteiger partial charge in [-0.3, -0.25) is 25.2 Å². The van der Waals surface area contributed by atoms with Crippen LogP contribution < -0.4 is 20.3 Å². The Kier molecular flexibility index (Phi) is 8.20. The largest absolute Gasteiger partial charge is 0.490 e. The van der Waals surface area contributed by atoms with Crippen LogP contribution in [0.3, 0.4) is 0 Å². The van der Waals surface area contributed by atoms with E-state index in [1.165, 1.54) is 12.1 Å². The van der Waals surface area contributed by atoms with Gasteiger partial charge >= 0.3 is 0 Å². The Bertz CT molecular complexity index is 1200. The summed E-state index contributed by atoms with van der Waals surface area (Å²) in [6.07, 6.45) is 3.66. The standard InChI is InChI=1S/C26H28N4O6/c1-2-35-23-17-19(9-10-22(23)36-18-24(31)30-13-15-34-16-14-30)25(32)27-28-26(33)20-7-3-4-8-21(20)29-11-5-6-12-29/h3-12,17H,2,13-16,18H2,1H3,(H,27,32)(H,28,33). The maximum atomic E-state index is 12.8. The van der Waals surface area contributed by atoms with Crippen molar-refractivity contribution in [3.63, 3.8) is 0 Å². The van der Waals surface area contributed by atoms with Crippen molar-refractivity contribution in [1.82, 2.24) is 20.3 Å². The van der Waals surface area contributed by atoms with Crippen molar-refractivity contribution < 1.29 is 28.6 Å². The molecule has 3 amide bonds. The fourth-order valence-electron chi connectivity index (χ4n) is 3.72. The smallest absolute Gasteiger partial charge is 0.271 e. The predicted octanol–water partition coefficient (Wildman–Crippen LogP) is 2.19. The molecule has 2 aromatic carbocycles. The van der Waals surface area contributed by atoms with Crippen LogP contribution in [-0.2, 0) is 9.53 Å². The highest BCUT2D eigenvalue weighted by Crippen LogP contribution is 2.28. The molecule has 10 heteroatoms. The van der Waals surface area contributed by atoms with E-state index < -0.39 is 11.8 Å². The number of ether oxygens (including phenoxy) is 3. The number of para-hydroxylation sites is 1. The van der Waals surface area contributed by atoms with Gasteiger partial charge in [0, 0.05) is 31.0 Å². The number of nitrogens with one attached hydrogen (secondary N) is 2. The van der Waals surface area contributed by atoms with E-state index in [1.54, 1.807) is 30.0 Å². The van der Waals surface area contributed by atoms with E-state index in [0.29, 0.717) is 55.7 Å². The normalized spacial score (nSPS) is 13.1. The molecule has 0 bridgehead atoms. The molecule has 188 valence electrons. The number of amides is 3. The highest BCUT2D eigenvalue weighted by molar-refractivity contribution is 6.01. The van der Waals surface area contributed by atoms with Crippen molar-refractivity contribution in [3.8, 4) is 17.2 Å². The number of carbonyl (C=O) groups is 3. The van der Waals surface area contributed by atoms with Crippen LogP contribution in [-0.4, -0.2) is 66.7 Å². The number of carbonyl (C=O) groups excluding carboxylic acids is 3. The number of hydrazine groups is 1. The van der Waals surface area contributed by atoms with E-state index >= 15 is 0 Å². The van der Waals surface area contributed by atoms with Crippen LogP contribution in [0.25, 0.3) is 5.69 Å². The van der Waals surface area contributed by atoms with Gasteiger partial charge < -0.3 is 23.7 Å². The Labute approximate surface area is 208 Å². The van der Waals surface area contributed by atoms with Crippen molar-refractivity contribution in [3.05, 3.63) is 78.1 Å². The monoisotopic (exact) mass is 492 g/mol. The summed E-state index contributed by atoms with van der Waals surface area (Å²) in [5.41, 5.74) is 6.23. The topological polar surface area (TPSA) is 111 Å². The zero-order chi connectivity index (χ0) is 25.3. The molecule has 0 atom stereocenters. The van der Waals surface area contributed by atoms with Crippen molar-refractivity contribution in [2.24, 2.45) is 0 Å². The average molecular weight is 493 g/mol. The molecule has 1 fully saturated rings. The van der Waals surface area contributed by atoms with Crippen LogP contribution in [0.2, 0.25) is 0 Å². The third-order valence-electron chi connectivity index (χ3n) is 5.54. The van der Waals surface area contributed by atoms with E-state index in [0.717, 1.165) is 0 Å². The number of hydrogen-bond acceptors (Lipinski definition) is 6. The van der Waals surface area contributed by atoms with E-state index in [4.69, 9.17) is 14.2 Å². The maximum absolute atomic E-state index is 12.8. The zero-order valence-corrected chi connectivity index (χ0v) is 19.9. The highest BCUT2D eigenvalue weighted by atomic mass is 16.5. The maximum Gasteiger partial charge on any atom is 0.271 e. The molecule has 0 aliphatic carbocycles. The summed E-state index contributed by atoms with van der Waals surface area (Å²) < 4.78 is 18.4.